The molecule has 5 heteroatoms. The second kappa shape index (κ2) is 8.15. The van der Waals surface area contributed by atoms with Crippen molar-refractivity contribution in [2.75, 3.05) is 20.3 Å². The van der Waals surface area contributed by atoms with Crippen LogP contribution in [0.15, 0.2) is 42.5 Å². The van der Waals surface area contributed by atoms with Gasteiger partial charge in [0.1, 0.15) is 0 Å². The molecular formula is C19H20O5. The number of esters is 1. The lowest BCUT2D eigenvalue weighted by molar-refractivity contribution is 0.0600. The van der Waals surface area contributed by atoms with Crippen molar-refractivity contribution in [3.8, 4) is 11.5 Å². The maximum Gasteiger partial charge on any atom is 0.337 e. The highest BCUT2D eigenvalue weighted by Gasteiger charge is 2.14. The van der Waals surface area contributed by atoms with E-state index in [1.165, 1.54) is 7.11 Å². The Morgan fingerprint density at radius 2 is 1.33 bits per heavy atom. The highest BCUT2D eigenvalue weighted by Crippen LogP contribution is 2.29. The summed E-state index contributed by atoms with van der Waals surface area (Å²) in [5, 5.41) is 0. The third-order valence-electron chi connectivity index (χ3n) is 3.37. The van der Waals surface area contributed by atoms with Crippen LogP contribution in [0.4, 0.5) is 0 Å². The number of hydrogen-bond donors (Lipinski definition) is 0. The Bertz CT molecular complexity index is 719. The number of ketones is 1. The van der Waals surface area contributed by atoms with Crippen LogP contribution in [-0.4, -0.2) is 32.1 Å². The van der Waals surface area contributed by atoms with Gasteiger partial charge in [-0.15, -0.1) is 0 Å². The van der Waals surface area contributed by atoms with E-state index in [-0.39, 0.29) is 5.78 Å². The fraction of sp³-hybridized carbons (Fsp3) is 0.263. The van der Waals surface area contributed by atoms with Gasteiger partial charge in [0.2, 0.25) is 0 Å². The summed E-state index contributed by atoms with van der Waals surface area (Å²) in [6.45, 7) is 4.75. The summed E-state index contributed by atoms with van der Waals surface area (Å²) in [5.74, 6) is 0.553. The number of ether oxygens (including phenoxy) is 3. The SMILES string of the molecule is CCOc1ccc(C(=O)c2ccc(C(=O)OC)cc2)cc1OCC. The topological polar surface area (TPSA) is 61.8 Å². The summed E-state index contributed by atoms with van der Waals surface area (Å²) in [5.41, 5.74) is 1.37. The van der Waals surface area contributed by atoms with E-state index in [1.807, 2.05) is 13.8 Å². The summed E-state index contributed by atoms with van der Waals surface area (Å²) in [6, 6.07) is 11.4. The number of carbonyl (C=O) groups is 2. The van der Waals surface area contributed by atoms with Crippen molar-refractivity contribution in [2.24, 2.45) is 0 Å². The lowest BCUT2D eigenvalue weighted by Crippen LogP contribution is -2.05. The van der Waals surface area contributed by atoms with Crippen molar-refractivity contribution in [3.63, 3.8) is 0 Å². The zero-order chi connectivity index (χ0) is 17.5. The summed E-state index contributed by atoms with van der Waals surface area (Å²) in [7, 11) is 1.32. The van der Waals surface area contributed by atoms with Crippen LogP contribution in [0.5, 0.6) is 11.5 Å². The van der Waals surface area contributed by atoms with Crippen molar-refractivity contribution >= 4 is 11.8 Å². The van der Waals surface area contributed by atoms with E-state index in [0.717, 1.165) is 0 Å². The van der Waals surface area contributed by atoms with Crippen LogP contribution in [0.2, 0.25) is 0 Å². The van der Waals surface area contributed by atoms with Crippen molar-refractivity contribution in [2.45, 2.75) is 13.8 Å². The van der Waals surface area contributed by atoms with Gasteiger partial charge in [-0.25, -0.2) is 4.79 Å². The highest BCUT2D eigenvalue weighted by atomic mass is 16.5. The van der Waals surface area contributed by atoms with Gasteiger partial charge in [-0.1, -0.05) is 12.1 Å². The third-order valence-corrected chi connectivity index (χ3v) is 3.37. The first-order valence-electron chi connectivity index (χ1n) is 7.73. The van der Waals surface area contributed by atoms with Crippen LogP contribution >= 0.6 is 0 Å². The number of carbonyl (C=O) groups excluding carboxylic acids is 2. The predicted molar refractivity (Wildman–Crippen MR) is 90.0 cm³/mol. The zero-order valence-corrected chi connectivity index (χ0v) is 14.0. The molecule has 0 aromatic heterocycles. The molecule has 0 aliphatic heterocycles. The summed E-state index contributed by atoms with van der Waals surface area (Å²) < 4.78 is 15.7. The lowest BCUT2D eigenvalue weighted by atomic mass is 10.0. The van der Waals surface area contributed by atoms with Crippen LogP contribution in [0, 0.1) is 0 Å². The van der Waals surface area contributed by atoms with E-state index in [9.17, 15) is 9.59 Å². The van der Waals surface area contributed by atoms with Crippen molar-refractivity contribution in [3.05, 3.63) is 59.2 Å². The van der Waals surface area contributed by atoms with Crippen molar-refractivity contribution < 1.29 is 23.8 Å². The number of rotatable bonds is 7. The lowest BCUT2D eigenvalue weighted by Gasteiger charge is -2.12. The zero-order valence-electron chi connectivity index (χ0n) is 14.0. The van der Waals surface area contributed by atoms with Crippen LogP contribution in [0.1, 0.15) is 40.1 Å². The Balaban J connectivity index is 2.28. The molecule has 0 spiro atoms. The minimum Gasteiger partial charge on any atom is -0.490 e. The molecule has 0 atom stereocenters. The minimum atomic E-state index is -0.436. The number of hydrogen-bond acceptors (Lipinski definition) is 5. The average Bonchev–Trinajstić information content (AvgIpc) is 2.62. The van der Waals surface area contributed by atoms with Crippen LogP contribution in [-0.2, 0) is 4.74 Å². The Morgan fingerprint density at radius 1 is 0.792 bits per heavy atom. The molecule has 0 heterocycles. The molecule has 0 saturated heterocycles. The van der Waals surface area contributed by atoms with E-state index < -0.39 is 5.97 Å². The highest BCUT2D eigenvalue weighted by molar-refractivity contribution is 6.09. The van der Waals surface area contributed by atoms with E-state index in [1.54, 1.807) is 42.5 Å². The van der Waals surface area contributed by atoms with Gasteiger partial charge in [0.15, 0.2) is 17.3 Å². The van der Waals surface area contributed by atoms with Gasteiger partial charge in [0, 0.05) is 11.1 Å². The summed E-state index contributed by atoms with van der Waals surface area (Å²) in [6.07, 6.45) is 0. The molecule has 126 valence electrons. The van der Waals surface area contributed by atoms with Crippen molar-refractivity contribution in [1.29, 1.82) is 0 Å². The molecule has 0 bridgehead atoms. The molecule has 5 nitrogen and oxygen atoms in total. The Kier molecular flexibility index (Phi) is 5.95. The van der Waals surface area contributed by atoms with Crippen LogP contribution in [0.3, 0.4) is 0 Å². The first-order valence-corrected chi connectivity index (χ1v) is 7.73. The van der Waals surface area contributed by atoms with Crippen molar-refractivity contribution in [1.82, 2.24) is 0 Å². The van der Waals surface area contributed by atoms with Gasteiger partial charge in [0.05, 0.1) is 25.9 Å². The molecule has 0 unspecified atom stereocenters. The average molecular weight is 328 g/mol. The number of methoxy groups -OCH3 is 1. The third kappa shape index (κ3) is 3.93. The second-order valence-electron chi connectivity index (χ2n) is 4.93. The maximum atomic E-state index is 12.6. The molecule has 2 aromatic rings. The number of benzene rings is 2. The Labute approximate surface area is 141 Å². The maximum absolute atomic E-state index is 12.6. The van der Waals surface area contributed by atoms with E-state index >= 15 is 0 Å². The van der Waals surface area contributed by atoms with Gasteiger partial charge in [-0.05, 0) is 44.2 Å². The van der Waals surface area contributed by atoms with Gasteiger partial charge >= 0.3 is 5.97 Å². The fourth-order valence-electron chi connectivity index (χ4n) is 2.23. The van der Waals surface area contributed by atoms with Crippen LogP contribution in [0.25, 0.3) is 0 Å². The Hall–Kier alpha value is -2.82. The van der Waals surface area contributed by atoms with Gasteiger partial charge in [-0.3, -0.25) is 4.79 Å². The molecule has 0 fully saturated rings. The van der Waals surface area contributed by atoms with E-state index in [4.69, 9.17) is 9.47 Å². The minimum absolute atomic E-state index is 0.157. The van der Waals surface area contributed by atoms with Gasteiger partial charge in [-0.2, -0.15) is 0 Å². The first kappa shape index (κ1) is 17.5. The predicted octanol–water partition coefficient (Wildman–Crippen LogP) is 3.50. The van der Waals surface area contributed by atoms with E-state index in [2.05, 4.69) is 4.74 Å². The molecule has 0 aliphatic rings. The normalized spacial score (nSPS) is 10.1. The summed E-state index contributed by atoms with van der Waals surface area (Å²) in [4.78, 5) is 24.1. The fourth-order valence-corrected chi connectivity index (χ4v) is 2.23. The quantitative estimate of drug-likeness (QED) is 0.575. The monoisotopic (exact) mass is 328 g/mol. The second-order valence-corrected chi connectivity index (χ2v) is 4.93. The molecule has 0 radical (unpaired) electrons. The molecular weight excluding hydrogens is 308 g/mol. The molecule has 2 aromatic carbocycles. The standard InChI is InChI=1S/C19H20O5/c1-4-23-16-11-10-15(12-17(16)24-5-2)18(20)13-6-8-14(9-7-13)19(21)22-3/h6-12H,4-5H2,1-3H3. The molecule has 2 rings (SSSR count). The van der Waals surface area contributed by atoms with Crippen LogP contribution < -0.4 is 9.47 Å². The largest absolute Gasteiger partial charge is 0.490 e. The molecule has 0 N–H and O–H groups in total. The molecule has 24 heavy (non-hydrogen) atoms. The Morgan fingerprint density at radius 3 is 1.92 bits per heavy atom. The van der Waals surface area contributed by atoms with Gasteiger partial charge < -0.3 is 14.2 Å². The van der Waals surface area contributed by atoms with Gasteiger partial charge in [0.25, 0.3) is 0 Å². The van der Waals surface area contributed by atoms with E-state index in [0.29, 0.717) is 41.4 Å². The smallest absolute Gasteiger partial charge is 0.337 e. The summed E-state index contributed by atoms with van der Waals surface area (Å²) >= 11 is 0. The molecule has 0 saturated carbocycles. The molecule has 0 aliphatic carbocycles. The first-order chi connectivity index (χ1) is 11.6. The molecule has 0 amide bonds.